The van der Waals surface area contributed by atoms with E-state index in [1.165, 1.54) is 28.4 Å². The van der Waals surface area contributed by atoms with Crippen molar-refractivity contribution in [3.05, 3.63) is 65.9 Å². The first kappa shape index (κ1) is 33.8. The predicted molar refractivity (Wildman–Crippen MR) is 146 cm³/mol. The van der Waals surface area contributed by atoms with Gasteiger partial charge in [0.1, 0.15) is 10.1 Å². The first-order valence-corrected chi connectivity index (χ1v) is 13.6. The van der Waals surface area contributed by atoms with Crippen LogP contribution in [0.25, 0.3) is 0 Å². The average Bonchev–Trinajstić information content (AvgIpc) is 3.31. The number of rotatable bonds is 5. The van der Waals surface area contributed by atoms with Crippen LogP contribution in [0.15, 0.2) is 59.6 Å². The second kappa shape index (κ2) is 17.3. The highest BCUT2D eigenvalue weighted by molar-refractivity contribution is 8.23. The minimum absolute atomic E-state index is 0.213. The summed E-state index contributed by atoms with van der Waals surface area (Å²) in [6, 6.07) is 12.9. The molecule has 2 aromatic rings. The maximum Gasteiger partial charge on any atom is 0.411 e. The van der Waals surface area contributed by atoms with Crippen LogP contribution < -0.4 is 9.47 Å². The number of aromatic nitrogens is 1. The van der Waals surface area contributed by atoms with Crippen LogP contribution >= 0.6 is 35.7 Å². The summed E-state index contributed by atoms with van der Waals surface area (Å²) in [6.07, 6.45) is -4.19. The molecule has 1 aromatic heterocycles. The Morgan fingerprint density at radius 2 is 1.75 bits per heavy atom. The maximum absolute atomic E-state index is 12.6. The molecule has 11 heteroatoms. The number of methoxy groups -OCH3 is 1. The normalized spacial score (nSPS) is 12.2. The van der Waals surface area contributed by atoms with E-state index < -0.39 is 11.7 Å². The zero-order valence-electron chi connectivity index (χ0n) is 21.4. The second-order valence-electron chi connectivity index (χ2n) is 6.55. The van der Waals surface area contributed by atoms with Crippen LogP contribution in [0.5, 0.6) is 5.75 Å². The third-order valence-corrected chi connectivity index (χ3v) is 6.70. The molecule has 0 bridgehead atoms. The fourth-order valence-corrected chi connectivity index (χ4v) is 4.45. The quantitative estimate of drug-likeness (QED) is 0.137. The molecule has 0 spiro atoms. The van der Waals surface area contributed by atoms with Gasteiger partial charge in [0.05, 0.1) is 7.11 Å². The van der Waals surface area contributed by atoms with Crippen molar-refractivity contribution in [3.63, 3.8) is 0 Å². The summed E-state index contributed by atoms with van der Waals surface area (Å²) in [4.78, 5) is 14.1. The Labute approximate surface area is 225 Å². The fourth-order valence-electron chi connectivity index (χ4n) is 2.35. The molecule has 1 aliphatic rings. The molecule has 36 heavy (non-hydrogen) atoms. The van der Waals surface area contributed by atoms with Crippen molar-refractivity contribution >= 4 is 46.0 Å². The molecule has 1 aliphatic heterocycles. The summed E-state index contributed by atoms with van der Waals surface area (Å²) in [6.45, 7) is 12.2. The highest BCUT2D eigenvalue weighted by atomic mass is 32.2. The number of thiocarbonyl (C=S) groups is 1. The monoisotopic (exact) mass is 563 g/mol. The van der Waals surface area contributed by atoms with Gasteiger partial charge in [-0.2, -0.15) is 13.2 Å². The smallest absolute Gasteiger partial charge is 0.411 e. The number of amides is 1. The number of allylic oxidation sites excluding steroid dienone is 1. The lowest BCUT2D eigenvalue weighted by molar-refractivity contribution is -0.933. The van der Waals surface area contributed by atoms with Gasteiger partial charge >= 0.3 is 17.8 Å². The Bertz CT molecular complexity index is 985. The lowest BCUT2D eigenvalue weighted by Crippen LogP contribution is -2.45. The van der Waals surface area contributed by atoms with E-state index in [0.717, 1.165) is 28.7 Å². The van der Waals surface area contributed by atoms with E-state index in [2.05, 4.69) is 6.58 Å². The van der Waals surface area contributed by atoms with Crippen molar-refractivity contribution in [2.75, 3.05) is 19.4 Å². The molecule has 1 amide bonds. The first-order chi connectivity index (χ1) is 17.0. The third kappa shape index (κ3) is 10.8. The summed E-state index contributed by atoms with van der Waals surface area (Å²) >= 11 is 8.12. The van der Waals surface area contributed by atoms with E-state index in [9.17, 15) is 23.2 Å². The van der Waals surface area contributed by atoms with Crippen molar-refractivity contribution in [1.29, 1.82) is 0 Å². The van der Waals surface area contributed by atoms with Crippen molar-refractivity contribution < 1.29 is 32.6 Å². The lowest BCUT2D eigenvalue weighted by Gasteiger charge is -2.12. The number of alkyl halides is 3. The molecule has 0 atom stereocenters. The topological polar surface area (TPSA) is 53.7 Å². The van der Waals surface area contributed by atoms with Gasteiger partial charge in [0.25, 0.3) is 5.03 Å². The number of thioether (sulfide) groups is 2. The Kier molecular flexibility index (Phi) is 16.2. The lowest BCUT2D eigenvalue weighted by atomic mass is 10.2. The van der Waals surface area contributed by atoms with Crippen LogP contribution in [0.3, 0.4) is 0 Å². The van der Waals surface area contributed by atoms with Crippen LogP contribution in [0.2, 0.25) is 0 Å². The van der Waals surface area contributed by atoms with Crippen molar-refractivity contribution in [3.8, 4) is 5.75 Å². The summed E-state index contributed by atoms with van der Waals surface area (Å²) in [7, 11) is 1.63. The molecule has 1 aromatic carbocycles. The molecule has 1 saturated heterocycles. The number of ether oxygens (including phenoxy) is 1. The van der Waals surface area contributed by atoms with Gasteiger partial charge in [0.2, 0.25) is 0 Å². The van der Waals surface area contributed by atoms with Crippen molar-refractivity contribution in [2.24, 2.45) is 0 Å². The largest absolute Gasteiger partial charge is 0.497 e. The number of pyridine rings is 1. The van der Waals surface area contributed by atoms with Crippen molar-refractivity contribution in [2.45, 2.75) is 51.6 Å². The summed E-state index contributed by atoms with van der Waals surface area (Å²) in [5, 5.41) is 11.0. The molecule has 0 aliphatic carbocycles. The number of hydrogen-bond acceptors (Lipinski definition) is 6. The highest BCUT2D eigenvalue weighted by Crippen LogP contribution is 2.24. The highest BCUT2D eigenvalue weighted by Gasteiger charge is 2.33. The van der Waals surface area contributed by atoms with Gasteiger partial charge in [0, 0.05) is 40.5 Å². The number of benzene rings is 1. The van der Waals surface area contributed by atoms with E-state index in [4.69, 9.17) is 17.0 Å². The van der Waals surface area contributed by atoms with Gasteiger partial charge in [-0.3, -0.25) is 14.9 Å². The fraction of sp³-hybridized carbons (Fsp3) is 0.400. The molecule has 1 N–H and O–H groups in total. The van der Waals surface area contributed by atoms with Crippen LogP contribution in [0, 0.1) is 0 Å². The molecule has 3 rings (SSSR count). The Balaban J connectivity index is 0.000000952. The Morgan fingerprint density at radius 1 is 1.19 bits per heavy atom. The molecular formula is C25H34F3N2O3S3+. The molecule has 2 heterocycles. The summed E-state index contributed by atoms with van der Waals surface area (Å²) in [5.74, 6) is 1.99. The van der Waals surface area contributed by atoms with Crippen LogP contribution in [0.1, 0.15) is 50.7 Å². The molecule has 0 saturated carbocycles. The van der Waals surface area contributed by atoms with Gasteiger partial charge in [-0.25, -0.2) is 0 Å². The number of carbonyl (C=O) groups excluding carboxylic acids is 1. The van der Waals surface area contributed by atoms with Crippen LogP contribution in [0.4, 0.5) is 13.2 Å². The van der Waals surface area contributed by atoms with Crippen LogP contribution in [-0.2, 0) is 5.75 Å². The standard InChI is InChI=1S/C17H17N2O3S3.C4H5F3.2C2H6/c1-22-13-7-5-12(6-8-13)11-25-15-4-2-3-14(19(15)21)16(20)18-9-10-24-17(18)23;1-3(2)4(5,6)7;2*1-2/h2-8,21H,9-11H2,1H3;1H2,2H3;2*1-2H3/q+1;;;. The van der Waals surface area contributed by atoms with Gasteiger partial charge in [0.15, 0.2) is 0 Å². The average molecular weight is 564 g/mol. The van der Waals surface area contributed by atoms with E-state index in [1.807, 2.05) is 52.0 Å². The minimum atomic E-state index is -4.19. The predicted octanol–water partition coefficient (Wildman–Crippen LogP) is 7.16. The molecule has 0 unspecified atom stereocenters. The summed E-state index contributed by atoms with van der Waals surface area (Å²) in [5.41, 5.74) is 0.553. The third-order valence-electron chi connectivity index (χ3n) is 4.18. The van der Waals surface area contributed by atoms with Crippen molar-refractivity contribution in [1.82, 2.24) is 4.90 Å². The Morgan fingerprint density at radius 3 is 2.19 bits per heavy atom. The van der Waals surface area contributed by atoms with Gasteiger partial charge < -0.3 is 4.74 Å². The molecular weight excluding hydrogens is 529 g/mol. The van der Waals surface area contributed by atoms with E-state index >= 15 is 0 Å². The van der Waals surface area contributed by atoms with E-state index in [0.29, 0.717) is 21.6 Å². The molecule has 1 fully saturated rings. The minimum Gasteiger partial charge on any atom is -0.497 e. The van der Waals surface area contributed by atoms with Crippen LogP contribution in [-0.4, -0.2) is 45.9 Å². The number of nitrogens with zero attached hydrogens (tertiary/aromatic N) is 2. The van der Waals surface area contributed by atoms with Gasteiger partial charge in [-0.1, -0.05) is 70.4 Å². The number of halogens is 3. The zero-order chi connectivity index (χ0) is 27.9. The summed E-state index contributed by atoms with van der Waals surface area (Å²) < 4.78 is 39.9. The molecule has 0 radical (unpaired) electrons. The number of hydrogen-bond donors (Lipinski definition) is 1. The second-order valence-corrected chi connectivity index (χ2v) is 9.27. The van der Waals surface area contributed by atoms with E-state index in [-0.39, 0.29) is 11.6 Å². The maximum atomic E-state index is 12.6. The molecule has 200 valence electrons. The van der Waals surface area contributed by atoms with E-state index in [1.54, 1.807) is 25.3 Å². The number of carbonyl (C=O) groups is 1. The zero-order valence-corrected chi connectivity index (χ0v) is 23.8. The Hall–Kier alpha value is -2.24. The SMILES string of the molecule is C=C(C)C(F)(F)F.CC.CC.COc1ccc(CSc2cccc(C(=O)N3CCSC3=S)[n+]2O)cc1. The molecule has 5 nitrogen and oxygen atoms in total. The first-order valence-electron chi connectivity index (χ1n) is 11.3. The van der Waals surface area contributed by atoms with Gasteiger partial charge in [-0.15, -0.1) is 0 Å². The van der Waals surface area contributed by atoms with Gasteiger partial charge in [-0.05, 0) is 42.4 Å².